The molecule has 0 bridgehead atoms. The molecular formula is C29H22N4O7. The lowest BCUT2D eigenvalue weighted by Crippen LogP contribution is -2.41. The third-order valence-electron chi connectivity index (χ3n) is 6.06. The number of rotatable bonds is 8. The largest absolute Gasteiger partial charge is 0.459 e. The van der Waals surface area contributed by atoms with Gasteiger partial charge in [0.05, 0.1) is 22.9 Å². The third kappa shape index (κ3) is 5.87. The first-order valence-corrected chi connectivity index (χ1v) is 12.2. The lowest BCUT2D eigenvalue weighted by molar-refractivity contribution is -0.0678. The van der Waals surface area contributed by atoms with Crippen molar-refractivity contribution in [1.29, 1.82) is 5.26 Å². The Labute approximate surface area is 228 Å². The van der Waals surface area contributed by atoms with Crippen LogP contribution in [0.2, 0.25) is 0 Å². The molecule has 0 radical (unpaired) electrons. The summed E-state index contributed by atoms with van der Waals surface area (Å²) in [7, 11) is 0. The van der Waals surface area contributed by atoms with E-state index in [9.17, 15) is 19.6 Å². The number of carbonyl (C=O) groups excluding carboxylic acids is 3. The average Bonchev–Trinajstić information content (AvgIpc) is 3.62. The number of benzene rings is 3. The molecular weight excluding hydrogens is 516 g/mol. The van der Waals surface area contributed by atoms with Crippen LogP contribution >= 0.6 is 0 Å². The maximum Gasteiger partial charge on any atom is 0.338 e. The van der Waals surface area contributed by atoms with E-state index in [-0.39, 0.29) is 23.4 Å². The summed E-state index contributed by atoms with van der Waals surface area (Å²) in [6, 6.07) is 26.7. The molecule has 0 amide bonds. The number of nitrogens with zero attached hydrogens (tertiary/aromatic N) is 4. The van der Waals surface area contributed by atoms with Crippen molar-refractivity contribution in [2.45, 2.75) is 24.5 Å². The Bertz CT molecular complexity index is 1520. The Morgan fingerprint density at radius 2 is 1.27 bits per heavy atom. The van der Waals surface area contributed by atoms with Crippen LogP contribution in [0.15, 0.2) is 97.2 Å². The summed E-state index contributed by atoms with van der Waals surface area (Å²) in [5.41, 5.74) is 0.821. The molecule has 1 aromatic heterocycles. The van der Waals surface area contributed by atoms with Gasteiger partial charge in [0.25, 0.3) is 0 Å². The smallest absolute Gasteiger partial charge is 0.338 e. The Hall–Kier alpha value is -5.34. The summed E-state index contributed by atoms with van der Waals surface area (Å²) in [5, 5.41) is 16.9. The van der Waals surface area contributed by atoms with Crippen molar-refractivity contribution in [2.24, 2.45) is 0 Å². The van der Waals surface area contributed by atoms with Crippen LogP contribution in [0.25, 0.3) is 0 Å². The third-order valence-corrected chi connectivity index (χ3v) is 6.06. The fraction of sp³-hybridized carbons (Fsp3) is 0.172. The van der Waals surface area contributed by atoms with Crippen molar-refractivity contribution in [3.05, 3.63) is 120 Å². The number of hydrogen-bond acceptors (Lipinski definition) is 10. The van der Waals surface area contributed by atoms with E-state index >= 15 is 0 Å². The molecule has 0 spiro atoms. The van der Waals surface area contributed by atoms with Crippen LogP contribution in [0.4, 0.5) is 0 Å². The van der Waals surface area contributed by atoms with E-state index in [0.717, 1.165) is 0 Å². The van der Waals surface area contributed by atoms with Gasteiger partial charge in [-0.3, -0.25) is 0 Å². The van der Waals surface area contributed by atoms with E-state index in [1.807, 2.05) is 6.07 Å². The topological polar surface area (TPSA) is 143 Å². The van der Waals surface area contributed by atoms with Crippen LogP contribution in [0.1, 0.15) is 43.0 Å². The highest BCUT2D eigenvalue weighted by Gasteiger charge is 2.52. The lowest BCUT2D eigenvalue weighted by Gasteiger charge is -2.24. The molecule has 1 aliphatic rings. The van der Waals surface area contributed by atoms with Crippen molar-refractivity contribution in [1.82, 2.24) is 15.0 Å². The van der Waals surface area contributed by atoms with Gasteiger partial charge in [0, 0.05) is 0 Å². The van der Waals surface area contributed by atoms with Gasteiger partial charge in [0.2, 0.25) is 0 Å². The zero-order valence-corrected chi connectivity index (χ0v) is 20.9. The van der Waals surface area contributed by atoms with E-state index < -0.39 is 42.4 Å². The van der Waals surface area contributed by atoms with Gasteiger partial charge in [-0.25, -0.2) is 19.1 Å². The molecule has 5 rings (SSSR count). The molecule has 40 heavy (non-hydrogen) atoms. The molecule has 0 unspecified atom stereocenters. The first kappa shape index (κ1) is 26.3. The molecule has 4 atom stereocenters. The minimum absolute atomic E-state index is 0.00600. The van der Waals surface area contributed by atoms with Crippen molar-refractivity contribution in [3.8, 4) is 6.07 Å². The van der Waals surface area contributed by atoms with Crippen molar-refractivity contribution in [3.63, 3.8) is 0 Å². The Kier molecular flexibility index (Phi) is 7.89. The fourth-order valence-electron chi connectivity index (χ4n) is 4.12. The first-order valence-electron chi connectivity index (χ1n) is 12.2. The van der Waals surface area contributed by atoms with Crippen LogP contribution in [0.5, 0.6) is 0 Å². The van der Waals surface area contributed by atoms with E-state index in [2.05, 4.69) is 10.3 Å². The second-order valence-electron chi connectivity index (χ2n) is 8.70. The van der Waals surface area contributed by atoms with E-state index in [0.29, 0.717) is 5.56 Å². The monoisotopic (exact) mass is 538 g/mol. The standard InChI is InChI=1S/C29H22N4O7/c30-16-22-17-33(32-31-22)26-25(40-29(36)21-14-8-3-9-15-21)24(39-28(35)20-12-6-2-7-13-20)23(38-26)18-37-27(34)19-10-4-1-5-11-19/h1-15,17,23-26H,18H2/t23-,24-,25-,26-/m1/s1. The van der Waals surface area contributed by atoms with E-state index in [4.69, 9.17) is 18.9 Å². The van der Waals surface area contributed by atoms with Crippen molar-refractivity contribution in [2.75, 3.05) is 6.61 Å². The van der Waals surface area contributed by atoms with Gasteiger partial charge >= 0.3 is 17.9 Å². The second kappa shape index (κ2) is 12.0. The molecule has 0 aliphatic carbocycles. The van der Waals surface area contributed by atoms with Gasteiger partial charge in [0.15, 0.2) is 24.1 Å². The molecule has 1 saturated heterocycles. The highest BCUT2D eigenvalue weighted by Crippen LogP contribution is 2.35. The Morgan fingerprint density at radius 3 is 1.77 bits per heavy atom. The summed E-state index contributed by atoms with van der Waals surface area (Å²) in [5.74, 6) is -2.03. The highest BCUT2D eigenvalue weighted by atomic mass is 16.7. The van der Waals surface area contributed by atoms with Crippen LogP contribution < -0.4 is 0 Å². The molecule has 1 fully saturated rings. The average molecular weight is 539 g/mol. The van der Waals surface area contributed by atoms with Crippen molar-refractivity contribution < 1.29 is 33.3 Å². The van der Waals surface area contributed by atoms with Crippen molar-refractivity contribution >= 4 is 17.9 Å². The minimum atomic E-state index is -1.24. The SMILES string of the molecule is N#Cc1cn([C@@H]2O[C@H](COC(=O)c3ccccc3)[C@@H](OC(=O)c3ccccc3)[C@H]2OC(=O)c2ccccc2)nn1. The zero-order chi connectivity index (χ0) is 27.9. The number of carbonyl (C=O) groups is 3. The van der Waals surface area contributed by atoms with Gasteiger partial charge in [-0.2, -0.15) is 5.26 Å². The predicted molar refractivity (Wildman–Crippen MR) is 137 cm³/mol. The molecule has 11 nitrogen and oxygen atoms in total. The van der Waals surface area contributed by atoms with Gasteiger partial charge in [-0.1, -0.05) is 59.8 Å². The van der Waals surface area contributed by atoms with Crippen LogP contribution in [0.3, 0.4) is 0 Å². The van der Waals surface area contributed by atoms with E-state index in [1.165, 1.54) is 10.9 Å². The number of esters is 3. The second-order valence-corrected chi connectivity index (χ2v) is 8.70. The molecule has 2 heterocycles. The number of hydrogen-bond donors (Lipinski definition) is 0. The Morgan fingerprint density at radius 1 is 0.775 bits per heavy atom. The molecule has 3 aromatic carbocycles. The molecule has 11 heteroatoms. The van der Waals surface area contributed by atoms with E-state index in [1.54, 1.807) is 91.0 Å². The predicted octanol–water partition coefficient (Wildman–Crippen LogP) is 3.36. The summed E-state index contributed by atoms with van der Waals surface area (Å²) in [6.07, 6.45) is -3.37. The molecule has 4 aromatic rings. The lowest BCUT2D eigenvalue weighted by atomic mass is 10.1. The first-order chi connectivity index (χ1) is 19.5. The minimum Gasteiger partial charge on any atom is -0.459 e. The quantitative estimate of drug-likeness (QED) is 0.242. The number of aromatic nitrogens is 3. The van der Waals surface area contributed by atoms with Gasteiger partial charge < -0.3 is 18.9 Å². The van der Waals surface area contributed by atoms with Gasteiger partial charge in [0.1, 0.15) is 18.8 Å². The number of nitriles is 1. The summed E-state index contributed by atoms with van der Waals surface area (Å²) in [4.78, 5) is 38.8. The molecule has 0 saturated carbocycles. The summed E-state index contributed by atoms with van der Waals surface area (Å²) < 4.78 is 24.4. The molecule has 0 N–H and O–H groups in total. The fourth-order valence-corrected chi connectivity index (χ4v) is 4.12. The molecule has 1 aliphatic heterocycles. The summed E-state index contributed by atoms with van der Waals surface area (Å²) in [6.45, 7) is -0.337. The number of ether oxygens (including phenoxy) is 4. The van der Waals surface area contributed by atoms with Crippen LogP contribution in [-0.2, 0) is 18.9 Å². The maximum absolute atomic E-state index is 13.1. The Balaban J connectivity index is 1.46. The van der Waals surface area contributed by atoms with Gasteiger partial charge in [-0.15, -0.1) is 5.10 Å². The maximum atomic E-state index is 13.1. The zero-order valence-electron chi connectivity index (χ0n) is 20.9. The summed E-state index contributed by atoms with van der Waals surface area (Å²) >= 11 is 0. The highest BCUT2D eigenvalue weighted by molar-refractivity contribution is 5.91. The molecule has 200 valence electrons. The van der Waals surface area contributed by atoms with Crippen LogP contribution in [0, 0.1) is 11.3 Å². The normalized spacial score (nSPS) is 19.8. The van der Waals surface area contributed by atoms with Gasteiger partial charge in [-0.05, 0) is 36.4 Å². The van der Waals surface area contributed by atoms with Crippen LogP contribution in [-0.4, -0.2) is 57.8 Å².